The number of aromatic nitrogens is 3. The SMILES string of the molecule is CCCCNC(=NCc1nnc(C)n1C)N1CCCC1.I. The van der Waals surface area contributed by atoms with Gasteiger partial charge in [-0.3, -0.25) is 0 Å². The average Bonchev–Trinajstić information content (AvgIpc) is 3.07. The second kappa shape index (κ2) is 9.22. The van der Waals surface area contributed by atoms with Gasteiger partial charge in [-0.25, -0.2) is 4.99 Å². The van der Waals surface area contributed by atoms with E-state index in [1.54, 1.807) is 0 Å². The topological polar surface area (TPSA) is 58.3 Å². The van der Waals surface area contributed by atoms with Crippen LogP contribution in [0.2, 0.25) is 0 Å². The first-order valence-corrected chi connectivity index (χ1v) is 7.60. The lowest BCUT2D eigenvalue weighted by molar-refractivity contribution is 0.489. The summed E-state index contributed by atoms with van der Waals surface area (Å²) >= 11 is 0. The maximum absolute atomic E-state index is 4.73. The van der Waals surface area contributed by atoms with Crippen molar-refractivity contribution in [3.8, 4) is 0 Å². The van der Waals surface area contributed by atoms with E-state index in [1.165, 1.54) is 25.7 Å². The number of halogens is 1. The molecule has 1 aliphatic heterocycles. The maximum Gasteiger partial charge on any atom is 0.194 e. The molecule has 0 spiro atoms. The lowest BCUT2D eigenvalue weighted by Crippen LogP contribution is -2.40. The number of hydrogen-bond donors (Lipinski definition) is 1. The van der Waals surface area contributed by atoms with Crippen LogP contribution in [0.25, 0.3) is 0 Å². The van der Waals surface area contributed by atoms with Crippen LogP contribution in [0.15, 0.2) is 4.99 Å². The molecule has 0 unspecified atom stereocenters. The van der Waals surface area contributed by atoms with Gasteiger partial charge < -0.3 is 14.8 Å². The molecule has 7 heteroatoms. The first-order valence-electron chi connectivity index (χ1n) is 7.60. The van der Waals surface area contributed by atoms with Gasteiger partial charge in [0.2, 0.25) is 0 Å². The summed E-state index contributed by atoms with van der Waals surface area (Å²) in [6.07, 6.45) is 4.90. The minimum atomic E-state index is 0. The predicted molar refractivity (Wildman–Crippen MR) is 96.0 cm³/mol. The quantitative estimate of drug-likeness (QED) is 0.352. The molecule has 1 fully saturated rings. The highest BCUT2D eigenvalue weighted by atomic mass is 127. The van der Waals surface area contributed by atoms with Gasteiger partial charge >= 0.3 is 0 Å². The first kappa shape index (κ1) is 18.2. The van der Waals surface area contributed by atoms with Crippen molar-refractivity contribution in [2.45, 2.75) is 46.1 Å². The smallest absolute Gasteiger partial charge is 0.194 e. The van der Waals surface area contributed by atoms with Gasteiger partial charge in [0, 0.05) is 26.7 Å². The summed E-state index contributed by atoms with van der Waals surface area (Å²) in [5.41, 5.74) is 0. The van der Waals surface area contributed by atoms with Crippen LogP contribution in [-0.2, 0) is 13.6 Å². The maximum atomic E-state index is 4.73. The number of aryl methyl sites for hydroxylation is 1. The molecule has 1 N–H and O–H groups in total. The van der Waals surface area contributed by atoms with Crippen LogP contribution in [0.4, 0.5) is 0 Å². The molecule has 0 amide bonds. The summed E-state index contributed by atoms with van der Waals surface area (Å²) in [5, 5.41) is 11.7. The zero-order valence-corrected chi connectivity index (χ0v) is 15.6. The van der Waals surface area contributed by atoms with Gasteiger partial charge in [0.15, 0.2) is 11.8 Å². The number of unbranched alkanes of at least 4 members (excludes halogenated alkanes) is 1. The van der Waals surface area contributed by atoms with Crippen molar-refractivity contribution in [3.05, 3.63) is 11.6 Å². The van der Waals surface area contributed by atoms with Crippen molar-refractivity contribution in [2.75, 3.05) is 19.6 Å². The Bertz CT molecular complexity index is 450. The van der Waals surface area contributed by atoms with Crippen molar-refractivity contribution < 1.29 is 0 Å². The third-order valence-corrected chi connectivity index (χ3v) is 3.77. The molecule has 6 nitrogen and oxygen atoms in total. The molecule has 2 heterocycles. The molecule has 0 aliphatic carbocycles. The van der Waals surface area contributed by atoms with Gasteiger partial charge in [-0.2, -0.15) is 0 Å². The van der Waals surface area contributed by atoms with Crippen LogP contribution in [0, 0.1) is 6.92 Å². The fourth-order valence-electron chi connectivity index (χ4n) is 2.31. The highest BCUT2D eigenvalue weighted by Gasteiger charge is 2.16. The van der Waals surface area contributed by atoms with Crippen LogP contribution < -0.4 is 5.32 Å². The molecule has 1 aromatic heterocycles. The molecule has 0 radical (unpaired) electrons. The largest absolute Gasteiger partial charge is 0.356 e. The van der Waals surface area contributed by atoms with Gasteiger partial charge in [0.05, 0.1) is 0 Å². The number of guanidine groups is 1. The summed E-state index contributed by atoms with van der Waals surface area (Å²) in [6.45, 7) is 7.95. The standard InChI is InChI=1S/C14H26N6.HI/c1-4-5-8-15-14(20-9-6-7-10-20)16-11-13-18-17-12(2)19(13)3;/h4-11H2,1-3H3,(H,15,16);1H. The van der Waals surface area contributed by atoms with Crippen LogP contribution in [-0.4, -0.2) is 45.3 Å². The first-order chi connectivity index (χ1) is 9.72. The molecule has 1 aliphatic rings. The lowest BCUT2D eigenvalue weighted by Gasteiger charge is -2.21. The minimum absolute atomic E-state index is 0. The van der Waals surface area contributed by atoms with E-state index in [0.29, 0.717) is 6.54 Å². The monoisotopic (exact) mass is 406 g/mol. The molecule has 0 saturated carbocycles. The number of hydrogen-bond acceptors (Lipinski definition) is 3. The molecule has 1 saturated heterocycles. The van der Waals surface area contributed by atoms with E-state index in [1.807, 2.05) is 18.5 Å². The Balaban J connectivity index is 0.00000220. The molecule has 0 bridgehead atoms. The van der Waals surface area contributed by atoms with E-state index < -0.39 is 0 Å². The molecule has 21 heavy (non-hydrogen) atoms. The van der Waals surface area contributed by atoms with Crippen molar-refractivity contribution >= 4 is 29.9 Å². The Morgan fingerprint density at radius 3 is 2.57 bits per heavy atom. The van der Waals surface area contributed by atoms with Crippen molar-refractivity contribution in [1.29, 1.82) is 0 Å². The second-order valence-electron chi connectivity index (χ2n) is 5.34. The van der Waals surface area contributed by atoms with Crippen LogP contribution in [0.3, 0.4) is 0 Å². The van der Waals surface area contributed by atoms with E-state index in [9.17, 15) is 0 Å². The van der Waals surface area contributed by atoms with Gasteiger partial charge in [0.25, 0.3) is 0 Å². The van der Waals surface area contributed by atoms with Gasteiger partial charge in [-0.15, -0.1) is 34.2 Å². The lowest BCUT2D eigenvalue weighted by atomic mass is 10.3. The molecular weight excluding hydrogens is 379 g/mol. The van der Waals surface area contributed by atoms with E-state index in [4.69, 9.17) is 4.99 Å². The molecule has 0 aromatic carbocycles. The van der Waals surface area contributed by atoms with E-state index >= 15 is 0 Å². The highest BCUT2D eigenvalue weighted by Crippen LogP contribution is 2.08. The fourth-order valence-corrected chi connectivity index (χ4v) is 2.31. The van der Waals surface area contributed by atoms with Crippen molar-refractivity contribution in [1.82, 2.24) is 25.0 Å². The zero-order valence-electron chi connectivity index (χ0n) is 13.3. The number of likely N-dealkylation sites (tertiary alicyclic amines) is 1. The average molecular weight is 406 g/mol. The number of rotatable bonds is 5. The Morgan fingerprint density at radius 2 is 2.00 bits per heavy atom. The van der Waals surface area contributed by atoms with Crippen LogP contribution in [0.1, 0.15) is 44.3 Å². The van der Waals surface area contributed by atoms with Crippen molar-refractivity contribution in [3.63, 3.8) is 0 Å². The summed E-state index contributed by atoms with van der Waals surface area (Å²) in [5.74, 6) is 2.87. The number of nitrogens with one attached hydrogen (secondary N) is 1. The Hall–Kier alpha value is -0.860. The molecule has 0 atom stereocenters. The molecule has 1 aromatic rings. The number of nitrogens with zero attached hydrogens (tertiary/aromatic N) is 5. The summed E-state index contributed by atoms with van der Waals surface area (Å²) in [4.78, 5) is 7.08. The van der Waals surface area contributed by atoms with E-state index in [-0.39, 0.29) is 24.0 Å². The van der Waals surface area contributed by atoms with Crippen molar-refractivity contribution in [2.24, 2.45) is 12.0 Å². The second-order valence-corrected chi connectivity index (χ2v) is 5.34. The van der Waals surface area contributed by atoms with E-state index in [0.717, 1.165) is 37.2 Å². The highest BCUT2D eigenvalue weighted by molar-refractivity contribution is 14.0. The van der Waals surface area contributed by atoms with Gasteiger partial charge in [-0.1, -0.05) is 13.3 Å². The third-order valence-electron chi connectivity index (χ3n) is 3.77. The number of aliphatic imine (C=N–C) groups is 1. The zero-order chi connectivity index (χ0) is 14.4. The van der Waals surface area contributed by atoms with Crippen LogP contribution in [0.5, 0.6) is 0 Å². The van der Waals surface area contributed by atoms with Gasteiger partial charge in [0.1, 0.15) is 12.4 Å². The molecule has 2 rings (SSSR count). The van der Waals surface area contributed by atoms with Gasteiger partial charge in [-0.05, 0) is 26.2 Å². The Morgan fingerprint density at radius 1 is 1.29 bits per heavy atom. The normalized spacial score (nSPS) is 15.2. The summed E-state index contributed by atoms with van der Waals surface area (Å²) in [6, 6.07) is 0. The summed E-state index contributed by atoms with van der Waals surface area (Å²) in [7, 11) is 1.99. The summed E-state index contributed by atoms with van der Waals surface area (Å²) < 4.78 is 2.00. The Labute approximate surface area is 144 Å². The Kier molecular flexibility index (Phi) is 7.98. The predicted octanol–water partition coefficient (Wildman–Crippen LogP) is 2.08. The third kappa shape index (κ3) is 5.12. The van der Waals surface area contributed by atoms with Crippen LogP contribution >= 0.6 is 24.0 Å². The molecule has 120 valence electrons. The molecular formula is C14H27IN6. The van der Waals surface area contributed by atoms with E-state index in [2.05, 4.69) is 27.3 Å². The fraction of sp³-hybridized carbons (Fsp3) is 0.786. The minimum Gasteiger partial charge on any atom is -0.356 e.